The number of nitrogens with one attached hydrogen (secondary N) is 1. The van der Waals surface area contributed by atoms with Gasteiger partial charge >= 0.3 is 0 Å². The van der Waals surface area contributed by atoms with Crippen molar-refractivity contribution in [3.8, 4) is 0 Å². The molecule has 3 aromatic rings. The Morgan fingerprint density at radius 1 is 1.00 bits per heavy atom. The van der Waals surface area contributed by atoms with Gasteiger partial charge in [0.1, 0.15) is 0 Å². The number of H-pyrrole nitrogens is 1. The SMILES string of the molecule is CC(C)c1ccc2c(c1)CN(c1ccc3[nH]cnc3c1C(C)C)CC2. The Morgan fingerprint density at radius 3 is 2.60 bits per heavy atom. The van der Waals surface area contributed by atoms with Gasteiger partial charge in [0, 0.05) is 24.3 Å². The van der Waals surface area contributed by atoms with Crippen LogP contribution in [-0.4, -0.2) is 16.5 Å². The van der Waals surface area contributed by atoms with Crippen molar-refractivity contribution < 1.29 is 0 Å². The summed E-state index contributed by atoms with van der Waals surface area (Å²) in [5.74, 6) is 1.03. The lowest BCUT2D eigenvalue weighted by Gasteiger charge is -2.33. The van der Waals surface area contributed by atoms with Crippen molar-refractivity contribution in [2.75, 3.05) is 11.4 Å². The number of nitrogens with zero attached hydrogens (tertiary/aromatic N) is 2. The predicted octanol–water partition coefficient (Wildman–Crippen LogP) is 5.37. The van der Waals surface area contributed by atoms with Gasteiger partial charge in [-0.05, 0) is 47.1 Å². The summed E-state index contributed by atoms with van der Waals surface area (Å²) >= 11 is 0. The first-order chi connectivity index (χ1) is 12.0. The average molecular weight is 333 g/mol. The van der Waals surface area contributed by atoms with Gasteiger partial charge in [-0.15, -0.1) is 0 Å². The molecule has 4 rings (SSSR count). The van der Waals surface area contributed by atoms with Gasteiger partial charge in [-0.2, -0.15) is 0 Å². The van der Waals surface area contributed by atoms with Crippen LogP contribution in [0, 0.1) is 0 Å². The summed E-state index contributed by atoms with van der Waals surface area (Å²) in [5.41, 5.74) is 9.38. The van der Waals surface area contributed by atoms with E-state index < -0.39 is 0 Å². The molecule has 2 heterocycles. The molecule has 1 aliphatic heterocycles. The molecule has 0 radical (unpaired) electrons. The van der Waals surface area contributed by atoms with E-state index in [1.807, 2.05) is 0 Å². The molecule has 0 fully saturated rings. The molecule has 3 heteroatoms. The largest absolute Gasteiger partial charge is 0.367 e. The second kappa shape index (κ2) is 6.21. The lowest BCUT2D eigenvalue weighted by molar-refractivity contribution is 0.717. The first-order valence-electron chi connectivity index (χ1n) is 9.37. The molecule has 1 N–H and O–H groups in total. The minimum absolute atomic E-state index is 0.449. The van der Waals surface area contributed by atoms with Crippen LogP contribution in [0.3, 0.4) is 0 Å². The van der Waals surface area contributed by atoms with E-state index in [2.05, 4.69) is 72.9 Å². The van der Waals surface area contributed by atoms with Crippen LogP contribution in [0.4, 0.5) is 5.69 Å². The molecular weight excluding hydrogens is 306 g/mol. The number of hydrogen-bond acceptors (Lipinski definition) is 2. The third kappa shape index (κ3) is 2.82. The normalized spacial score (nSPS) is 14.6. The van der Waals surface area contributed by atoms with Gasteiger partial charge in [-0.1, -0.05) is 45.9 Å². The third-order valence-electron chi connectivity index (χ3n) is 5.44. The first kappa shape index (κ1) is 16.2. The van der Waals surface area contributed by atoms with Crippen molar-refractivity contribution in [2.45, 2.75) is 52.5 Å². The zero-order valence-electron chi connectivity index (χ0n) is 15.6. The van der Waals surface area contributed by atoms with Gasteiger partial charge in [0.25, 0.3) is 0 Å². The van der Waals surface area contributed by atoms with E-state index in [1.54, 1.807) is 6.33 Å². The van der Waals surface area contributed by atoms with E-state index >= 15 is 0 Å². The Morgan fingerprint density at radius 2 is 1.84 bits per heavy atom. The topological polar surface area (TPSA) is 31.9 Å². The maximum absolute atomic E-state index is 4.59. The number of rotatable bonds is 3. The molecule has 130 valence electrons. The van der Waals surface area contributed by atoms with Crippen LogP contribution in [-0.2, 0) is 13.0 Å². The molecule has 0 bridgehead atoms. The summed E-state index contributed by atoms with van der Waals surface area (Å²) in [6.45, 7) is 11.1. The van der Waals surface area contributed by atoms with Gasteiger partial charge in [-0.25, -0.2) is 4.98 Å². The number of aromatic amines is 1. The molecule has 0 spiro atoms. The van der Waals surface area contributed by atoms with Crippen molar-refractivity contribution in [3.05, 3.63) is 58.9 Å². The van der Waals surface area contributed by atoms with Crippen molar-refractivity contribution >= 4 is 16.7 Å². The Kier molecular flexibility index (Phi) is 4.03. The van der Waals surface area contributed by atoms with Gasteiger partial charge in [0.2, 0.25) is 0 Å². The minimum Gasteiger partial charge on any atom is -0.367 e. The van der Waals surface area contributed by atoms with E-state index in [0.29, 0.717) is 11.8 Å². The standard InChI is InChI=1S/C22H27N3/c1-14(2)17-6-5-16-9-10-25(12-18(16)11-17)20-8-7-19-22(24-13-23-19)21(20)15(3)4/h5-8,11,13-15H,9-10,12H2,1-4H3,(H,23,24). The van der Waals surface area contributed by atoms with E-state index in [0.717, 1.165) is 30.5 Å². The molecule has 2 aromatic carbocycles. The molecule has 0 unspecified atom stereocenters. The van der Waals surface area contributed by atoms with E-state index in [4.69, 9.17) is 0 Å². The number of benzene rings is 2. The Hall–Kier alpha value is -2.29. The lowest BCUT2D eigenvalue weighted by atomic mass is 9.92. The predicted molar refractivity (Wildman–Crippen MR) is 105 cm³/mol. The maximum atomic E-state index is 4.59. The second-order valence-corrected chi connectivity index (χ2v) is 7.81. The molecule has 0 amide bonds. The Balaban J connectivity index is 1.75. The highest BCUT2D eigenvalue weighted by atomic mass is 15.1. The van der Waals surface area contributed by atoms with Crippen LogP contribution < -0.4 is 4.90 Å². The number of imidazole rings is 1. The average Bonchev–Trinajstić information content (AvgIpc) is 3.08. The zero-order chi connectivity index (χ0) is 17.6. The van der Waals surface area contributed by atoms with E-state index in [-0.39, 0.29) is 0 Å². The van der Waals surface area contributed by atoms with Crippen molar-refractivity contribution in [3.63, 3.8) is 0 Å². The fourth-order valence-corrected chi connectivity index (χ4v) is 4.01. The molecule has 0 aliphatic carbocycles. The summed E-state index contributed by atoms with van der Waals surface area (Å²) in [7, 11) is 0. The summed E-state index contributed by atoms with van der Waals surface area (Å²) in [4.78, 5) is 10.4. The molecule has 1 aromatic heterocycles. The second-order valence-electron chi connectivity index (χ2n) is 7.81. The number of aromatic nitrogens is 2. The zero-order valence-corrected chi connectivity index (χ0v) is 15.6. The highest BCUT2D eigenvalue weighted by Gasteiger charge is 2.22. The smallest absolute Gasteiger partial charge is 0.0937 e. The number of anilines is 1. The summed E-state index contributed by atoms with van der Waals surface area (Å²) < 4.78 is 0. The molecule has 0 atom stereocenters. The van der Waals surface area contributed by atoms with Crippen molar-refractivity contribution in [1.29, 1.82) is 0 Å². The maximum Gasteiger partial charge on any atom is 0.0937 e. The number of hydrogen-bond donors (Lipinski definition) is 1. The quantitative estimate of drug-likeness (QED) is 0.698. The third-order valence-corrected chi connectivity index (χ3v) is 5.44. The first-order valence-corrected chi connectivity index (χ1v) is 9.37. The molecular formula is C22H27N3. The van der Waals surface area contributed by atoms with Gasteiger partial charge in [0.05, 0.1) is 17.4 Å². The molecule has 0 saturated carbocycles. The summed E-state index contributed by atoms with van der Waals surface area (Å²) in [5, 5.41) is 0. The van der Waals surface area contributed by atoms with Crippen molar-refractivity contribution in [2.24, 2.45) is 0 Å². The van der Waals surface area contributed by atoms with Crippen LogP contribution in [0.15, 0.2) is 36.7 Å². The fourth-order valence-electron chi connectivity index (χ4n) is 4.01. The molecule has 1 aliphatic rings. The van der Waals surface area contributed by atoms with Crippen molar-refractivity contribution in [1.82, 2.24) is 9.97 Å². The highest BCUT2D eigenvalue weighted by molar-refractivity contribution is 5.85. The van der Waals surface area contributed by atoms with Gasteiger partial charge in [0.15, 0.2) is 0 Å². The van der Waals surface area contributed by atoms with E-state index in [1.165, 1.54) is 27.9 Å². The monoisotopic (exact) mass is 333 g/mol. The van der Waals surface area contributed by atoms with Crippen LogP contribution in [0.5, 0.6) is 0 Å². The molecule has 25 heavy (non-hydrogen) atoms. The van der Waals surface area contributed by atoms with Crippen LogP contribution in [0.1, 0.15) is 61.8 Å². The van der Waals surface area contributed by atoms with Crippen LogP contribution in [0.2, 0.25) is 0 Å². The Labute approximate surface area is 150 Å². The molecule has 0 saturated heterocycles. The van der Waals surface area contributed by atoms with Gasteiger partial charge < -0.3 is 9.88 Å². The van der Waals surface area contributed by atoms with Crippen LogP contribution in [0.25, 0.3) is 11.0 Å². The fraction of sp³-hybridized carbons (Fsp3) is 0.409. The Bertz CT molecular complexity index is 905. The van der Waals surface area contributed by atoms with E-state index in [9.17, 15) is 0 Å². The minimum atomic E-state index is 0.449. The number of fused-ring (bicyclic) bond motifs is 2. The van der Waals surface area contributed by atoms with Crippen LogP contribution >= 0.6 is 0 Å². The molecule has 3 nitrogen and oxygen atoms in total. The summed E-state index contributed by atoms with van der Waals surface area (Å²) in [6, 6.07) is 11.5. The van der Waals surface area contributed by atoms with Gasteiger partial charge in [-0.3, -0.25) is 0 Å². The lowest BCUT2D eigenvalue weighted by Crippen LogP contribution is -2.31. The summed E-state index contributed by atoms with van der Waals surface area (Å²) in [6.07, 6.45) is 2.92. The highest BCUT2D eigenvalue weighted by Crippen LogP contribution is 2.36.